The van der Waals surface area contributed by atoms with Crippen LogP contribution in [0.25, 0.3) is 0 Å². The molecule has 0 bridgehead atoms. The van der Waals surface area contributed by atoms with E-state index in [2.05, 4.69) is 0 Å². The Balaban J connectivity index is 2.10. The normalized spacial score (nSPS) is 19.0. The van der Waals surface area contributed by atoms with Gasteiger partial charge in [0.1, 0.15) is 5.75 Å². The van der Waals surface area contributed by atoms with Crippen molar-refractivity contribution in [1.29, 1.82) is 0 Å². The number of carbonyl (C=O) groups is 1. The largest absolute Gasteiger partial charge is 0.490 e. The highest BCUT2D eigenvalue weighted by Gasteiger charge is 2.24. The minimum Gasteiger partial charge on any atom is -0.490 e. The van der Waals surface area contributed by atoms with Gasteiger partial charge in [-0.1, -0.05) is 32.4 Å². The lowest BCUT2D eigenvalue weighted by atomic mass is 9.85. The Bertz CT molecular complexity index is 463. The molecule has 1 N–H and O–H groups in total. The van der Waals surface area contributed by atoms with E-state index in [1.807, 2.05) is 31.2 Å². The number of hydrogen-bond donors (Lipinski definition) is 1. The van der Waals surface area contributed by atoms with Crippen molar-refractivity contribution in [3.8, 4) is 5.75 Å². The molecule has 0 heterocycles. The summed E-state index contributed by atoms with van der Waals surface area (Å²) in [4.78, 5) is 11.2. The van der Waals surface area contributed by atoms with Gasteiger partial charge in [-0.25, -0.2) is 0 Å². The van der Waals surface area contributed by atoms with E-state index in [0.717, 1.165) is 30.6 Å². The van der Waals surface area contributed by atoms with Crippen LogP contribution in [0.2, 0.25) is 0 Å². The van der Waals surface area contributed by atoms with Crippen LogP contribution in [0, 0.1) is 5.92 Å². The first kappa shape index (κ1) is 15.9. The van der Waals surface area contributed by atoms with Crippen LogP contribution in [-0.4, -0.2) is 17.2 Å². The molecule has 3 heteroatoms. The number of hydrogen-bond acceptors (Lipinski definition) is 2. The highest BCUT2D eigenvalue weighted by Crippen LogP contribution is 2.31. The molecule has 0 radical (unpaired) electrons. The number of carboxylic acid groups (broad SMARTS) is 1. The fraction of sp³-hybridized carbons (Fsp3) is 0.611. The van der Waals surface area contributed by atoms with Crippen molar-refractivity contribution in [2.45, 2.75) is 64.4 Å². The molecule has 2 atom stereocenters. The molecule has 0 amide bonds. The molecule has 3 nitrogen and oxygen atoms in total. The smallest absolute Gasteiger partial charge is 0.306 e. The summed E-state index contributed by atoms with van der Waals surface area (Å²) in [6, 6.07) is 8.00. The molecule has 0 aromatic heterocycles. The SMILES string of the molecule is CC[C@@H](c1cccc(OC2CCCCC2)c1)[C@H](C)C(=O)O. The standard InChI is InChI=1S/C18H26O3/c1-3-17(13(2)18(19)20)14-8-7-11-16(12-14)21-15-9-5-4-6-10-15/h7-8,11-13,15,17H,3-6,9-10H2,1-2H3,(H,19,20)/t13-,17+/m0/s1. The average molecular weight is 290 g/mol. The van der Waals surface area contributed by atoms with Gasteiger partial charge in [0, 0.05) is 0 Å². The lowest BCUT2D eigenvalue weighted by molar-refractivity contribution is -0.141. The van der Waals surface area contributed by atoms with E-state index in [4.69, 9.17) is 4.74 Å². The van der Waals surface area contributed by atoms with Crippen molar-refractivity contribution in [2.75, 3.05) is 0 Å². The molecule has 2 rings (SSSR count). The molecule has 1 aliphatic rings. The Morgan fingerprint density at radius 2 is 2.05 bits per heavy atom. The maximum Gasteiger partial charge on any atom is 0.306 e. The lowest BCUT2D eigenvalue weighted by Crippen LogP contribution is -2.20. The molecule has 0 spiro atoms. The van der Waals surface area contributed by atoms with Crippen LogP contribution < -0.4 is 4.74 Å². The molecule has 21 heavy (non-hydrogen) atoms. The van der Waals surface area contributed by atoms with Crippen molar-refractivity contribution in [3.63, 3.8) is 0 Å². The third-order valence-corrected chi connectivity index (χ3v) is 4.57. The molecular formula is C18H26O3. The topological polar surface area (TPSA) is 46.5 Å². The van der Waals surface area contributed by atoms with Crippen molar-refractivity contribution >= 4 is 5.97 Å². The molecule has 0 aliphatic heterocycles. The van der Waals surface area contributed by atoms with Gasteiger partial charge in [0.25, 0.3) is 0 Å². The predicted molar refractivity (Wildman–Crippen MR) is 83.8 cm³/mol. The first-order valence-electron chi connectivity index (χ1n) is 8.11. The number of ether oxygens (including phenoxy) is 1. The van der Waals surface area contributed by atoms with E-state index in [1.54, 1.807) is 6.92 Å². The first-order valence-corrected chi connectivity index (χ1v) is 8.11. The molecule has 0 saturated heterocycles. The number of benzene rings is 1. The Kier molecular flexibility index (Phi) is 5.66. The van der Waals surface area contributed by atoms with Gasteiger partial charge in [-0.05, 0) is 55.7 Å². The van der Waals surface area contributed by atoms with Gasteiger partial charge in [0.15, 0.2) is 0 Å². The van der Waals surface area contributed by atoms with Crippen molar-refractivity contribution in [3.05, 3.63) is 29.8 Å². The summed E-state index contributed by atoms with van der Waals surface area (Å²) in [6.07, 6.45) is 7.22. The molecule has 0 unspecified atom stereocenters. The highest BCUT2D eigenvalue weighted by molar-refractivity contribution is 5.71. The van der Waals surface area contributed by atoms with Gasteiger partial charge in [-0.15, -0.1) is 0 Å². The van der Waals surface area contributed by atoms with Gasteiger partial charge in [-0.2, -0.15) is 0 Å². The quantitative estimate of drug-likeness (QED) is 0.832. The van der Waals surface area contributed by atoms with Crippen molar-refractivity contribution in [1.82, 2.24) is 0 Å². The summed E-state index contributed by atoms with van der Waals surface area (Å²) in [5, 5.41) is 9.24. The highest BCUT2D eigenvalue weighted by atomic mass is 16.5. The Hall–Kier alpha value is -1.51. The van der Waals surface area contributed by atoms with E-state index < -0.39 is 5.97 Å². The number of rotatable bonds is 6. The lowest BCUT2D eigenvalue weighted by Gasteiger charge is -2.24. The zero-order valence-electron chi connectivity index (χ0n) is 13.0. The van der Waals surface area contributed by atoms with E-state index >= 15 is 0 Å². The maximum atomic E-state index is 11.2. The van der Waals surface area contributed by atoms with Gasteiger partial charge < -0.3 is 9.84 Å². The molecular weight excluding hydrogens is 264 g/mol. The Morgan fingerprint density at radius 3 is 2.67 bits per heavy atom. The van der Waals surface area contributed by atoms with Gasteiger partial charge in [0.2, 0.25) is 0 Å². The van der Waals surface area contributed by atoms with E-state index in [9.17, 15) is 9.90 Å². The second kappa shape index (κ2) is 7.48. The Labute approximate surface area is 127 Å². The summed E-state index contributed by atoms with van der Waals surface area (Å²) < 4.78 is 6.08. The van der Waals surface area contributed by atoms with E-state index in [-0.39, 0.29) is 11.8 Å². The van der Waals surface area contributed by atoms with Gasteiger partial charge in [0.05, 0.1) is 12.0 Å². The van der Waals surface area contributed by atoms with E-state index in [0.29, 0.717) is 6.10 Å². The predicted octanol–water partition coefficient (Wildman–Crippen LogP) is 4.61. The zero-order chi connectivity index (χ0) is 15.2. The molecule has 1 saturated carbocycles. The molecule has 116 valence electrons. The fourth-order valence-corrected chi connectivity index (χ4v) is 3.24. The van der Waals surface area contributed by atoms with Crippen LogP contribution in [0.5, 0.6) is 5.75 Å². The van der Waals surface area contributed by atoms with Crippen LogP contribution in [0.4, 0.5) is 0 Å². The monoisotopic (exact) mass is 290 g/mol. The summed E-state index contributed by atoms with van der Waals surface area (Å²) in [6.45, 7) is 3.82. The summed E-state index contributed by atoms with van der Waals surface area (Å²) in [7, 11) is 0. The fourth-order valence-electron chi connectivity index (χ4n) is 3.24. The first-order chi connectivity index (χ1) is 10.1. The summed E-state index contributed by atoms with van der Waals surface area (Å²) in [5.41, 5.74) is 1.07. The minimum absolute atomic E-state index is 0.0393. The maximum absolute atomic E-state index is 11.2. The minimum atomic E-state index is -0.736. The van der Waals surface area contributed by atoms with Crippen LogP contribution in [0.3, 0.4) is 0 Å². The number of aliphatic carboxylic acids is 1. The van der Waals surface area contributed by atoms with Crippen molar-refractivity contribution in [2.24, 2.45) is 5.92 Å². The third kappa shape index (κ3) is 4.23. The molecule has 1 fully saturated rings. The number of carboxylic acids is 1. The molecule has 1 aliphatic carbocycles. The van der Waals surface area contributed by atoms with Crippen LogP contribution >= 0.6 is 0 Å². The van der Waals surface area contributed by atoms with Crippen LogP contribution in [0.15, 0.2) is 24.3 Å². The second-order valence-corrected chi connectivity index (χ2v) is 6.09. The van der Waals surface area contributed by atoms with Crippen molar-refractivity contribution < 1.29 is 14.6 Å². The van der Waals surface area contributed by atoms with Gasteiger partial charge in [-0.3, -0.25) is 4.79 Å². The summed E-state index contributed by atoms with van der Waals surface area (Å²) in [5.74, 6) is -0.187. The average Bonchev–Trinajstić information content (AvgIpc) is 2.49. The van der Waals surface area contributed by atoms with Gasteiger partial charge >= 0.3 is 5.97 Å². The van der Waals surface area contributed by atoms with Crippen LogP contribution in [0.1, 0.15) is 63.9 Å². The second-order valence-electron chi connectivity index (χ2n) is 6.09. The molecule has 1 aromatic rings. The zero-order valence-corrected chi connectivity index (χ0v) is 13.0. The molecule has 1 aromatic carbocycles. The Morgan fingerprint density at radius 1 is 1.33 bits per heavy atom. The van der Waals surface area contributed by atoms with E-state index in [1.165, 1.54) is 19.3 Å². The summed E-state index contributed by atoms with van der Waals surface area (Å²) >= 11 is 0. The van der Waals surface area contributed by atoms with Crippen LogP contribution in [-0.2, 0) is 4.79 Å². The third-order valence-electron chi connectivity index (χ3n) is 4.57.